The molecule has 1 amide bonds. The van der Waals surface area contributed by atoms with Crippen LogP contribution in [-0.2, 0) is 14.8 Å². The fraction of sp³-hybridized carbons (Fsp3) is 0.562. The van der Waals surface area contributed by atoms with Crippen LogP contribution in [0.15, 0.2) is 30.3 Å². The molecule has 0 N–H and O–H groups in total. The summed E-state index contributed by atoms with van der Waals surface area (Å²) in [6.07, 6.45) is 0.0214. The van der Waals surface area contributed by atoms with Gasteiger partial charge < -0.3 is 9.80 Å². The van der Waals surface area contributed by atoms with Crippen LogP contribution < -0.4 is 0 Å². The average Bonchev–Trinajstić information content (AvgIpc) is 2.53. The van der Waals surface area contributed by atoms with Gasteiger partial charge in [-0.05, 0) is 12.6 Å². The van der Waals surface area contributed by atoms with E-state index in [1.54, 1.807) is 0 Å². The lowest BCUT2D eigenvalue weighted by atomic mass is 10.0. The lowest BCUT2D eigenvalue weighted by Crippen LogP contribution is -2.49. The zero-order valence-electron chi connectivity index (χ0n) is 14.0. The van der Waals surface area contributed by atoms with E-state index in [2.05, 4.69) is 4.90 Å². The van der Waals surface area contributed by atoms with Crippen LogP contribution in [0.3, 0.4) is 0 Å². The van der Waals surface area contributed by atoms with Gasteiger partial charge in [0.1, 0.15) is 0 Å². The first-order valence-electron chi connectivity index (χ1n) is 7.74. The molecule has 1 fully saturated rings. The number of hydrogen-bond acceptors (Lipinski definition) is 4. The summed E-state index contributed by atoms with van der Waals surface area (Å²) < 4.78 is 24.9. The number of hydrogen-bond donors (Lipinski definition) is 0. The molecule has 1 unspecified atom stereocenters. The van der Waals surface area contributed by atoms with Gasteiger partial charge in [0.05, 0.1) is 11.8 Å². The van der Waals surface area contributed by atoms with Crippen molar-refractivity contribution in [3.63, 3.8) is 0 Å². The van der Waals surface area contributed by atoms with Crippen LogP contribution >= 0.6 is 0 Å². The molecule has 1 aliphatic heterocycles. The lowest BCUT2D eigenvalue weighted by molar-refractivity contribution is -0.135. The summed E-state index contributed by atoms with van der Waals surface area (Å²) in [5.74, 6) is -0.246. The average molecular weight is 339 g/mol. The van der Waals surface area contributed by atoms with E-state index in [0.717, 1.165) is 18.7 Å². The van der Waals surface area contributed by atoms with E-state index in [-0.39, 0.29) is 24.1 Å². The number of benzene rings is 1. The zero-order chi connectivity index (χ0) is 17.0. The smallest absolute Gasteiger partial charge is 0.224 e. The molecule has 1 saturated heterocycles. The Balaban J connectivity index is 2.10. The molecule has 0 saturated carbocycles. The minimum atomic E-state index is -3.35. The van der Waals surface area contributed by atoms with Crippen molar-refractivity contribution in [1.29, 1.82) is 0 Å². The molecule has 1 aromatic rings. The molecule has 1 aliphatic rings. The van der Waals surface area contributed by atoms with Crippen LogP contribution in [0.5, 0.6) is 0 Å². The van der Waals surface area contributed by atoms with Crippen LogP contribution in [0, 0.1) is 0 Å². The van der Waals surface area contributed by atoms with E-state index in [4.69, 9.17) is 0 Å². The summed E-state index contributed by atoms with van der Waals surface area (Å²) in [5.41, 5.74) is 1.09. The summed E-state index contributed by atoms with van der Waals surface area (Å²) in [7, 11) is 1.66. The highest BCUT2D eigenvalue weighted by Crippen LogP contribution is 2.25. The Morgan fingerprint density at radius 3 is 2.48 bits per heavy atom. The minimum Gasteiger partial charge on any atom is -0.333 e. The molecular formula is C16H25N3O3S. The molecule has 1 atom stereocenters. The molecule has 2 rings (SSSR count). The molecule has 0 aliphatic carbocycles. The van der Waals surface area contributed by atoms with E-state index < -0.39 is 10.0 Å². The van der Waals surface area contributed by atoms with Crippen LogP contribution in [0.4, 0.5) is 0 Å². The highest BCUT2D eigenvalue weighted by atomic mass is 32.2. The summed E-state index contributed by atoms with van der Waals surface area (Å²) in [6, 6.07) is 9.88. The Hall–Kier alpha value is -1.44. The van der Waals surface area contributed by atoms with E-state index in [1.807, 2.05) is 42.3 Å². The number of rotatable bonds is 5. The van der Waals surface area contributed by atoms with Gasteiger partial charge in [-0.1, -0.05) is 30.3 Å². The van der Waals surface area contributed by atoms with Crippen molar-refractivity contribution in [3.8, 4) is 0 Å². The van der Waals surface area contributed by atoms with Crippen molar-refractivity contribution in [2.75, 3.05) is 46.5 Å². The number of nitrogens with zero attached hydrogens (tertiary/aromatic N) is 3. The third-order valence-corrected chi connectivity index (χ3v) is 6.05. The molecule has 0 aromatic heterocycles. The van der Waals surface area contributed by atoms with Gasteiger partial charge >= 0.3 is 0 Å². The third-order valence-electron chi connectivity index (χ3n) is 4.22. The summed E-state index contributed by atoms with van der Waals surface area (Å²) >= 11 is 0. The van der Waals surface area contributed by atoms with Crippen molar-refractivity contribution in [3.05, 3.63) is 35.9 Å². The van der Waals surface area contributed by atoms with Crippen LogP contribution in [0.25, 0.3) is 0 Å². The number of sulfonamides is 1. The molecular weight excluding hydrogens is 314 g/mol. The number of carbonyl (C=O) groups is 1. The predicted octanol–water partition coefficient (Wildman–Crippen LogP) is 0.783. The van der Waals surface area contributed by atoms with Crippen molar-refractivity contribution >= 4 is 15.9 Å². The Bertz CT molecular complexity index is 631. The van der Waals surface area contributed by atoms with E-state index >= 15 is 0 Å². The Morgan fingerprint density at radius 1 is 1.22 bits per heavy atom. The summed E-state index contributed by atoms with van der Waals surface area (Å²) in [4.78, 5) is 16.6. The van der Waals surface area contributed by atoms with Gasteiger partial charge in [-0.25, -0.2) is 12.7 Å². The van der Waals surface area contributed by atoms with Crippen molar-refractivity contribution in [2.45, 2.75) is 12.5 Å². The highest BCUT2D eigenvalue weighted by molar-refractivity contribution is 7.89. The second-order valence-electron chi connectivity index (χ2n) is 6.12. The highest BCUT2D eigenvalue weighted by Gasteiger charge is 2.30. The normalized spacial score (nSPS) is 20.0. The Morgan fingerprint density at radius 2 is 1.87 bits per heavy atom. The largest absolute Gasteiger partial charge is 0.333 e. The maximum atomic E-state index is 12.6. The van der Waals surface area contributed by atoms with Gasteiger partial charge in [-0.2, -0.15) is 0 Å². The topological polar surface area (TPSA) is 60.9 Å². The number of carbonyl (C=O) groups excluding carboxylic acids is 1. The summed E-state index contributed by atoms with van der Waals surface area (Å²) in [5, 5.41) is 0. The van der Waals surface area contributed by atoms with Crippen LogP contribution in [-0.4, -0.2) is 75.0 Å². The second-order valence-corrected chi connectivity index (χ2v) is 8.43. The number of amides is 1. The quantitative estimate of drug-likeness (QED) is 0.795. The Labute approximate surface area is 138 Å². The van der Waals surface area contributed by atoms with Gasteiger partial charge in [-0.3, -0.25) is 4.79 Å². The molecule has 128 valence electrons. The van der Waals surface area contributed by atoms with Crippen LogP contribution in [0.2, 0.25) is 0 Å². The molecule has 1 aromatic carbocycles. The van der Waals surface area contributed by atoms with Gasteiger partial charge in [0.15, 0.2) is 0 Å². The molecule has 0 bridgehead atoms. The second kappa shape index (κ2) is 7.42. The maximum Gasteiger partial charge on any atom is 0.224 e. The third kappa shape index (κ3) is 4.53. The lowest BCUT2D eigenvalue weighted by Gasteiger charge is -2.40. The zero-order valence-corrected chi connectivity index (χ0v) is 14.8. The van der Waals surface area contributed by atoms with Crippen LogP contribution in [0.1, 0.15) is 18.0 Å². The summed E-state index contributed by atoms with van der Waals surface area (Å²) in [6.45, 7) is 2.18. The predicted molar refractivity (Wildman–Crippen MR) is 90.5 cm³/mol. The van der Waals surface area contributed by atoms with Gasteiger partial charge in [0.2, 0.25) is 15.9 Å². The first kappa shape index (κ1) is 17.9. The number of piperazine rings is 1. The van der Waals surface area contributed by atoms with Gasteiger partial charge in [-0.15, -0.1) is 0 Å². The van der Waals surface area contributed by atoms with E-state index in [0.29, 0.717) is 6.54 Å². The van der Waals surface area contributed by atoms with Gasteiger partial charge in [0, 0.05) is 40.2 Å². The van der Waals surface area contributed by atoms with E-state index in [9.17, 15) is 13.2 Å². The van der Waals surface area contributed by atoms with Crippen molar-refractivity contribution in [2.24, 2.45) is 0 Å². The molecule has 0 radical (unpaired) electrons. The van der Waals surface area contributed by atoms with Crippen molar-refractivity contribution in [1.82, 2.24) is 14.1 Å². The van der Waals surface area contributed by atoms with Gasteiger partial charge in [0.25, 0.3) is 0 Å². The molecule has 0 spiro atoms. The SMILES string of the molecule is CN1CCN(C(=O)CCS(=O)(=O)N(C)C)C(c2ccccc2)C1. The monoisotopic (exact) mass is 339 g/mol. The van der Waals surface area contributed by atoms with E-state index in [1.165, 1.54) is 18.4 Å². The Kier molecular flexibility index (Phi) is 5.78. The molecule has 1 heterocycles. The first-order valence-corrected chi connectivity index (χ1v) is 9.35. The standard InChI is InChI=1S/C16H25N3O3S/c1-17(2)23(21,22)12-9-16(20)19-11-10-18(3)13-15(19)14-7-5-4-6-8-14/h4-8,15H,9-13H2,1-3H3. The van der Waals surface area contributed by atoms with Crippen molar-refractivity contribution < 1.29 is 13.2 Å². The minimum absolute atomic E-state index is 0.0214. The molecule has 7 heteroatoms. The fourth-order valence-electron chi connectivity index (χ4n) is 2.72. The first-order chi connectivity index (χ1) is 10.8. The maximum absolute atomic E-state index is 12.6. The number of likely N-dealkylation sites (N-methyl/N-ethyl adjacent to an activating group) is 1. The molecule has 6 nitrogen and oxygen atoms in total. The molecule has 23 heavy (non-hydrogen) atoms. The fourth-order valence-corrected chi connectivity index (χ4v) is 3.52.